The normalized spacial score (nSPS) is 21.6. The first-order chi connectivity index (χ1) is 9.47. The van der Waals surface area contributed by atoms with Crippen LogP contribution in [-0.4, -0.2) is 40.8 Å². The predicted molar refractivity (Wildman–Crippen MR) is 73.7 cm³/mol. The van der Waals surface area contributed by atoms with Gasteiger partial charge in [0.1, 0.15) is 5.75 Å². The van der Waals surface area contributed by atoms with Crippen LogP contribution in [-0.2, 0) is 9.53 Å². The van der Waals surface area contributed by atoms with Crippen molar-refractivity contribution < 1.29 is 24.5 Å². The van der Waals surface area contributed by atoms with Crippen LogP contribution in [0, 0.1) is 0 Å². The van der Waals surface area contributed by atoms with Crippen LogP contribution in [0.4, 0.5) is 0 Å². The predicted octanol–water partition coefficient (Wildman–Crippen LogP) is 1.52. The SMILES string of the molecule is O=C(NCC1CCC(C(=O)O)O1)c1ccc(Br)c(O)c1. The first kappa shape index (κ1) is 14.8. The molecule has 2 atom stereocenters. The van der Waals surface area contributed by atoms with Gasteiger partial charge in [0.15, 0.2) is 6.10 Å². The van der Waals surface area contributed by atoms with Gasteiger partial charge in [-0.05, 0) is 47.0 Å². The molecule has 2 rings (SSSR count). The van der Waals surface area contributed by atoms with Gasteiger partial charge in [-0.25, -0.2) is 4.79 Å². The molecule has 108 valence electrons. The van der Waals surface area contributed by atoms with Crippen molar-refractivity contribution in [1.29, 1.82) is 0 Å². The van der Waals surface area contributed by atoms with Gasteiger partial charge in [-0.15, -0.1) is 0 Å². The number of aromatic hydroxyl groups is 1. The fourth-order valence-corrected chi connectivity index (χ4v) is 2.25. The summed E-state index contributed by atoms with van der Waals surface area (Å²) >= 11 is 3.13. The number of carbonyl (C=O) groups is 2. The van der Waals surface area contributed by atoms with Gasteiger partial charge in [-0.3, -0.25) is 4.79 Å². The minimum absolute atomic E-state index is 0.0132. The molecule has 0 saturated carbocycles. The number of phenolic OH excluding ortho intramolecular Hbond substituents is 1. The van der Waals surface area contributed by atoms with E-state index < -0.39 is 12.1 Å². The summed E-state index contributed by atoms with van der Waals surface area (Å²) in [6.07, 6.45) is -0.0182. The van der Waals surface area contributed by atoms with Crippen LogP contribution in [0.1, 0.15) is 23.2 Å². The molecule has 1 aliphatic heterocycles. The number of carbonyl (C=O) groups excluding carboxylic acids is 1. The third kappa shape index (κ3) is 3.49. The van der Waals surface area contributed by atoms with Gasteiger partial charge in [0.05, 0.1) is 10.6 Å². The lowest BCUT2D eigenvalue weighted by Gasteiger charge is -2.12. The number of aliphatic carboxylic acids is 1. The number of halogens is 1. The monoisotopic (exact) mass is 343 g/mol. The average Bonchev–Trinajstić information content (AvgIpc) is 2.88. The van der Waals surface area contributed by atoms with E-state index in [2.05, 4.69) is 21.2 Å². The first-order valence-electron chi connectivity index (χ1n) is 6.12. The summed E-state index contributed by atoms with van der Waals surface area (Å²) in [7, 11) is 0. The van der Waals surface area contributed by atoms with E-state index in [0.29, 0.717) is 22.9 Å². The molecule has 0 aromatic heterocycles. The number of nitrogens with one attached hydrogen (secondary N) is 1. The van der Waals surface area contributed by atoms with Crippen molar-refractivity contribution in [1.82, 2.24) is 5.32 Å². The number of phenols is 1. The number of benzene rings is 1. The molecule has 0 radical (unpaired) electrons. The van der Waals surface area contributed by atoms with Gasteiger partial charge in [0.2, 0.25) is 0 Å². The summed E-state index contributed by atoms with van der Waals surface area (Å²) in [5.41, 5.74) is 0.332. The first-order valence-corrected chi connectivity index (χ1v) is 6.91. The van der Waals surface area contributed by atoms with Crippen LogP contribution in [0.15, 0.2) is 22.7 Å². The van der Waals surface area contributed by atoms with Crippen molar-refractivity contribution >= 4 is 27.8 Å². The molecule has 2 unspecified atom stereocenters. The molecule has 1 heterocycles. The number of rotatable bonds is 4. The van der Waals surface area contributed by atoms with E-state index in [4.69, 9.17) is 9.84 Å². The largest absolute Gasteiger partial charge is 0.507 e. The standard InChI is InChI=1S/C13H14BrNO5/c14-9-3-1-7(5-10(9)16)12(17)15-6-8-2-4-11(20-8)13(18)19/h1,3,5,8,11,16H,2,4,6H2,(H,15,17)(H,18,19). The molecule has 1 aromatic carbocycles. The molecule has 1 fully saturated rings. The lowest BCUT2D eigenvalue weighted by Crippen LogP contribution is -2.33. The van der Waals surface area contributed by atoms with E-state index >= 15 is 0 Å². The summed E-state index contributed by atoms with van der Waals surface area (Å²) in [4.78, 5) is 22.6. The van der Waals surface area contributed by atoms with Crippen molar-refractivity contribution in [2.75, 3.05) is 6.54 Å². The van der Waals surface area contributed by atoms with Crippen LogP contribution in [0.2, 0.25) is 0 Å². The van der Waals surface area contributed by atoms with E-state index in [-0.39, 0.29) is 24.3 Å². The molecule has 1 aliphatic rings. The van der Waals surface area contributed by atoms with Gasteiger partial charge < -0.3 is 20.3 Å². The van der Waals surface area contributed by atoms with Crippen LogP contribution in [0.25, 0.3) is 0 Å². The lowest BCUT2D eigenvalue weighted by molar-refractivity contribution is -0.149. The fraction of sp³-hybridized carbons (Fsp3) is 0.385. The Morgan fingerprint density at radius 3 is 2.75 bits per heavy atom. The molecule has 0 aliphatic carbocycles. The molecule has 6 nitrogen and oxygen atoms in total. The summed E-state index contributed by atoms with van der Waals surface area (Å²) in [6.45, 7) is 0.249. The zero-order valence-corrected chi connectivity index (χ0v) is 12.1. The number of amides is 1. The van der Waals surface area contributed by atoms with E-state index in [1.807, 2.05) is 0 Å². The number of carboxylic acids is 1. The average molecular weight is 344 g/mol. The van der Waals surface area contributed by atoms with Gasteiger partial charge in [0, 0.05) is 12.1 Å². The summed E-state index contributed by atoms with van der Waals surface area (Å²) in [5, 5.41) is 21.0. The molecule has 20 heavy (non-hydrogen) atoms. The minimum atomic E-state index is -0.975. The van der Waals surface area contributed by atoms with Crippen LogP contribution >= 0.6 is 15.9 Å². The van der Waals surface area contributed by atoms with Crippen LogP contribution < -0.4 is 5.32 Å². The Bertz CT molecular complexity index is 533. The van der Waals surface area contributed by atoms with Crippen LogP contribution in [0.5, 0.6) is 5.75 Å². The Morgan fingerprint density at radius 1 is 1.40 bits per heavy atom. The Kier molecular flexibility index (Phi) is 4.61. The summed E-state index contributed by atoms with van der Waals surface area (Å²) < 4.78 is 5.79. The highest BCUT2D eigenvalue weighted by Gasteiger charge is 2.30. The third-order valence-corrected chi connectivity index (χ3v) is 3.75. The molecule has 0 bridgehead atoms. The van der Waals surface area contributed by atoms with Gasteiger partial charge in [0.25, 0.3) is 5.91 Å². The van der Waals surface area contributed by atoms with E-state index in [1.54, 1.807) is 12.1 Å². The smallest absolute Gasteiger partial charge is 0.332 e. The highest BCUT2D eigenvalue weighted by atomic mass is 79.9. The quantitative estimate of drug-likeness (QED) is 0.770. The molecule has 7 heteroatoms. The van der Waals surface area contributed by atoms with Gasteiger partial charge >= 0.3 is 5.97 Å². The van der Waals surface area contributed by atoms with Crippen molar-refractivity contribution in [3.63, 3.8) is 0 Å². The van der Waals surface area contributed by atoms with Gasteiger partial charge in [-0.2, -0.15) is 0 Å². The topological polar surface area (TPSA) is 95.9 Å². The van der Waals surface area contributed by atoms with Crippen molar-refractivity contribution in [2.24, 2.45) is 0 Å². The number of carboxylic acid groups (broad SMARTS) is 1. The highest BCUT2D eigenvalue weighted by molar-refractivity contribution is 9.10. The Balaban J connectivity index is 1.86. The molecule has 0 spiro atoms. The maximum atomic E-state index is 11.9. The van der Waals surface area contributed by atoms with Crippen molar-refractivity contribution in [2.45, 2.75) is 25.0 Å². The van der Waals surface area contributed by atoms with Gasteiger partial charge in [-0.1, -0.05) is 0 Å². The zero-order chi connectivity index (χ0) is 14.7. The van der Waals surface area contributed by atoms with E-state index in [0.717, 1.165) is 0 Å². The second-order valence-electron chi connectivity index (χ2n) is 4.54. The minimum Gasteiger partial charge on any atom is -0.507 e. The maximum absolute atomic E-state index is 11.9. The number of ether oxygens (including phenoxy) is 1. The van der Waals surface area contributed by atoms with Crippen LogP contribution in [0.3, 0.4) is 0 Å². The molecule has 3 N–H and O–H groups in total. The molecule has 1 aromatic rings. The molecular weight excluding hydrogens is 330 g/mol. The van der Waals surface area contributed by atoms with Crippen molar-refractivity contribution in [3.05, 3.63) is 28.2 Å². The number of hydrogen-bond donors (Lipinski definition) is 3. The second-order valence-corrected chi connectivity index (χ2v) is 5.39. The zero-order valence-electron chi connectivity index (χ0n) is 10.5. The number of hydrogen-bond acceptors (Lipinski definition) is 4. The van der Waals surface area contributed by atoms with E-state index in [1.165, 1.54) is 6.07 Å². The maximum Gasteiger partial charge on any atom is 0.332 e. The van der Waals surface area contributed by atoms with Crippen molar-refractivity contribution in [3.8, 4) is 5.75 Å². The summed E-state index contributed by atoms with van der Waals surface area (Å²) in [5.74, 6) is -1.33. The molecular formula is C13H14BrNO5. The Labute approximate surface area is 123 Å². The second kappa shape index (κ2) is 6.23. The fourth-order valence-electron chi connectivity index (χ4n) is 2.00. The Morgan fingerprint density at radius 2 is 2.15 bits per heavy atom. The lowest BCUT2D eigenvalue weighted by atomic mass is 10.1. The van der Waals surface area contributed by atoms with E-state index in [9.17, 15) is 14.7 Å². The molecule has 1 saturated heterocycles. The molecule has 1 amide bonds. The highest BCUT2D eigenvalue weighted by Crippen LogP contribution is 2.24. The Hall–Kier alpha value is -1.60. The third-order valence-electron chi connectivity index (χ3n) is 3.08. The summed E-state index contributed by atoms with van der Waals surface area (Å²) in [6, 6.07) is 4.51.